The molecule has 1 aliphatic rings. The lowest BCUT2D eigenvalue weighted by Gasteiger charge is -2.13. The van der Waals surface area contributed by atoms with Crippen molar-refractivity contribution in [2.45, 2.75) is 11.4 Å². The fraction of sp³-hybridized carbons (Fsp3) is 0.0370. The fourth-order valence-corrected chi connectivity index (χ4v) is 5.97. The first-order chi connectivity index (χ1) is 17.3. The number of imide groups is 1. The molecule has 4 aromatic carbocycles. The Morgan fingerprint density at radius 2 is 1.56 bits per heavy atom. The number of nitrogens with zero attached hydrogens (tertiary/aromatic N) is 1. The molecule has 1 heterocycles. The number of halogens is 1. The molecule has 0 aromatic heterocycles. The summed E-state index contributed by atoms with van der Waals surface area (Å²) in [6.07, 6.45) is 1.48. The largest absolute Gasteiger partial charge is 0.378 e. The van der Waals surface area contributed by atoms with E-state index in [4.69, 9.17) is 4.18 Å². The quantitative estimate of drug-likeness (QED) is 0.189. The maximum atomic E-state index is 13.1. The Labute approximate surface area is 220 Å². The third-order valence-electron chi connectivity index (χ3n) is 5.57. The maximum Gasteiger partial charge on any atom is 0.339 e. The number of hydrogen-bond donors (Lipinski definition) is 0. The number of amides is 2. The third kappa shape index (κ3) is 4.95. The molecule has 0 saturated carbocycles. The topological polar surface area (TPSA) is 80.8 Å². The van der Waals surface area contributed by atoms with E-state index in [1.165, 1.54) is 18.2 Å². The fourth-order valence-electron chi connectivity index (χ4n) is 3.74. The Morgan fingerprint density at radius 1 is 0.861 bits per heavy atom. The third-order valence-corrected chi connectivity index (χ3v) is 8.49. The smallest absolute Gasteiger partial charge is 0.339 e. The molecule has 1 aliphatic heterocycles. The highest BCUT2D eigenvalue weighted by Crippen LogP contribution is 2.36. The van der Waals surface area contributed by atoms with E-state index in [-0.39, 0.29) is 22.1 Å². The number of rotatable bonds is 6. The van der Waals surface area contributed by atoms with Crippen LogP contribution in [0.2, 0.25) is 0 Å². The Hall–Kier alpha value is -3.40. The van der Waals surface area contributed by atoms with Crippen molar-refractivity contribution < 1.29 is 22.2 Å². The van der Waals surface area contributed by atoms with Gasteiger partial charge in [0.15, 0.2) is 0 Å². The van der Waals surface area contributed by atoms with Crippen LogP contribution < -0.4 is 4.18 Å². The zero-order valence-electron chi connectivity index (χ0n) is 18.6. The minimum atomic E-state index is -4.14. The van der Waals surface area contributed by atoms with E-state index in [9.17, 15) is 18.0 Å². The van der Waals surface area contributed by atoms with Gasteiger partial charge in [-0.25, -0.2) is 0 Å². The van der Waals surface area contributed by atoms with Crippen molar-refractivity contribution in [2.75, 3.05) is 0 Å². The monoisotopic (exact) mass is 579 g/mol. The van der Waals surface area contributed by atoms with Gasteiger partial charge in [-0.1, -0.05) is 82.7 Å². The predicted molar refractivity (Wildman–Crippen MR) is 144 cm³/mol. The number of carbonyl (C=O) groups is 2. The highest BCUT2D eigenvalue weighted by Gasteiger charge is 2.35. The standard InChI is InChI=1S/C27H18BrNO5S2/c28-23-11-5-3-10-21(23)17-29-26(30)25(35-27(29)31)16-20-9-4-6-12-24(20)34-36(32,33)22-14-13-18-7-1-2-8-19(18)15-22/h1-16H,17H2/b25-16-. The van der Waals surface area contributed by atoms with E-state index >= 15 is 0 Å². The lowest BCUT2D eigenvalue weighted by molar-refractivity contribution is -0.123. The van der Waals surface area contributed by atoms with E-state index < -0.39 is 21.3 Å². The maximum absolute atomic E-state index is 13.1. The van der Waals surface area contributed by atoms with Crippen molar-refractivity contribution in [1.82, 2.24) is 4.90 Å². The van der Waals surface area contributed by atoms with Crippen LogP contribution in [0.5, 0.6) is 5.75 Å². The SMILES string of the molecule is O=C1S/C(=C\c2ccccc2OS(=O)(=O)c2ccc3ccccc3c2)C(=O)N1Cc1ccccc1Br. The summed E-state index contributed by atoms with van der Waals surface area (Å²) in [4.78, 5) is 27.0. The summed E-state index contributed by atoms with van der Waals surface area (Å²) in [5.41, 5.74) is 1.17. The van der Waals surface area contributed by atoms with Crippen LogP contribution in [0.3, 0.4) is 0 Å². The van der Waals surface area contributed by atoms with Crippen LogP contribution in [-0.4, -0.2) is 24.5 Å². The van der Waals surface area contributed by atoms with Crippen molar-refractivity contribution >= 4 is 65.8 Å². The lowest BCUT2D eigenvalue weighted by Crippen LogP contribution is -2.27. The van der Waals surface area contributed by atoms with Gasteiger partial charge < -0.3 is 4.18 Å². The van der Waals surface area contributed by atoms with Gasteiger partial charge in [-0.2, -0.15) is 8.42 Å². The number of para-hydroxylation sites is 1. The minimum absolute atomic E-state index is 0.0183. The first-order valence-electron chi connectivity index (χ1n) is 10.8. The molecule has 0 spiro atoms. The van der Waals surface area contributed by atoms with Gasteiger partial charge in [0.1, 0.15) is 10.6 Å². The second-order valence-corrected chi connectivity index (χ2v) is 11.3. The summed E-state index contributed by atoms with van der Waals surface area (Å²) in [5.74, 6) is -0.392. The van der Waals surface area contributed by atoms with E-state index in [1.807, 2.05) is 48.5 Å². The van der Waals surface area contributed by atoms with Crippen LogP contribution in [0.25, 0.3) is 16.8 Å². The van der Waals surface area contributed by atoms with Gasteiger partial charge in [0.25, 0.3) is 11.1 Å². The van der Waals surface area contributed by atoms with Crippen LogP contribution >= 0.6 is 27.7 Å². The summed E-state index contributed by atoms with van der Waals surface area (Å²) >= 11 is 4.24. The van der Waals surface area contributed by atoms with Crippen molar-refractivity contribution in [3.8, 4) is 5.75 Å². The molecule has 0 unspecified atom stereocenters. The van der Waals surface area contributed by atoms with Gasteiger partial charge in [-0.05, 0) is 58.4 Å². The van der Waals surface area contributed by atoms with Crippen molar-refractivity contribution in [3.63, 3.8) is 0 Å². The molecule has 0 aliphatic carbocycles. The Morgan fingerprint density at radius 3 is 2.36 bits per heavy atom. The van der Waals surface area contributed by atoms with Gasteiger partial charge in [0, 0.05) is 10.0 Å². The number of carbonyl (C=O) groups excluding carboxylic acids is 2. The van der Waals surface area contributed by atoms with E-state index in [1.54, 1.807) is 30.3 Å². The summed E-state index contributed by atoms with van der Waals surface area (Å²) < 4.78 is 32.4. The van der Waals surface area contributed by atoms with Gasteiger partial charge in [-0.15, -0.1) is 0 Å². The first kappa shape index (κ1) is 24.3. The van der Waals surface area contributed by atoms with Crippen molar-refractivity contribution in [1.29, 1.82) is 0 Å². The Kier molecular flexibility index (Phi) is 6.70. The van der Waals surface area contributed by atoms with Gasteiger partial charge in [0.05, 0.1) is 11.4 Å². The molecule has 4 aromatic rings. The van der Waals surface area contributed by atoms with Crippen LogP contribution in [-0.2, 0) is 21.5 Å². The summed E-state index contributed by atoms with van der Waals surface area (Å²) in [5, 5.41) is 1.29. The van der Waals surface area contributed by atoms with Crippen molar-refractivity contribution in [2.24, 2.45) is 0 Å². The number of thioether (sulfide) groups is 1. The van der Waals surface area contributed by atoms with Crippen LogP contribution in [0.1, 0.15) is 11.1 Å². The average molecular weight is 580 g/mol. The van der Waals surface area contributed by atoms with E-state index in [0.29, 0.717) is 5.56 Å². The second kappa shape index (κ2) is 9.93. The second-order valence-electron chi connectivity index (χ2n) is 7.94. The summed E-state index contributed by atoms with van der Waals surface area (Å²) in [6, 6.07) is 26.0. The number of fused-ring (bicyclic) bond motifs is 1. The molecule has 0 atom stereocenters. The molecule has 36 heavy (non-hydrogen) atoms. The highest BCUT2D eigenvalue weighted by atomic mass is 79.9. The molecule has 0 bridgehead atoms. The van der Waals surface area contributed by atoms with E-state index in [0.717, 1.165) is 37.5 Å². The van der Waals surface area contributed by atoms with Gasteiger partial charge in [-0.3, -0.25) is 14.5 Å². The molecule has 5 rings (SSSR count). The van der Waals surface area contributed by atoms with Crippen molar-refractivity contribution in [3.05, 3.63) is 112 Å². The Bertz CT molecular complexity index is 1650. The van der Waals surface area contributed by atoms with Crippen LogP contribution in [0, 0.1) is 0 Å². The zero-order valence-corrected chi connectivity index (χ0v) is 21.8. The number of hydrogen-bond acceptors (Lipinski definition) is 6. The predicted octanol–water partition coefficient (Wildman–Crippen LogP) is 6.61. The van der Waals surface area contributed by atoms with Gasteiger partial charge in [0.2, 0.25) is 0 Å². The zero-order chi connectivity index (χ0) is 25.3. The molecule has 180 valence electrons. The minimum Gasteiger partial charge on any atom is -0.378 e. The normalized spacial score (nSPS) is 15.1. The summed E-state index contributed by atoms with van der Waals surface area (Å²) in [7, 11) is -4.14. The molecule has 2 amide bonds. The van der Waals surface area contributed by atoms with Crippen LogP contribution in [0.4, 0.5) is 4.79 Å². The molecular weight excluding hydrogens is 562 g/mol. The highest BCUT2D eigenvalue weighted by molar-refractivity contribution is 9.10. The Balaban J connectivity index is 1.42. The first-order valence-corrected chi connectivity index (χ1v) is 13.8. The molecule has 1 saturated heterocycles. The van der Waals surface area contributed by atoms with Gasteiger partial charge >= 0.3 is 10.1 Å². The number of benzene rings is 4. The molecule has 1 fully saturated rings. The van der Waals surface area contributed by atoms with E-state index in [2.05, 4.69) is 15.9 Å². The average Bonchev–Trinajstić information content (AvgIpc) is 3.13. The molecule has 0 N–H and O–H groups in total. The molecular formula is C27H18BrNO5S2. The molecule has 6 nitrogen and oxygen atoms in total. The molecule has 0 radical (unpaired) electrons. The molecule has 9 heteroatoms. The summed E-state index contributed by atoms with van der Waals surface area (Å²) in [6.45, 7) is 0.123. The van der Waals surface area contributed by atoms with Crippen LogP contribution in [0.15, 0.2) is 105 Å². The lowest BCUT2D eigenvalue weighted by atomic mass is 10.1.